The Kier molecular flexibility index (Phi) is 4.46. The summed E-state index contributed by atoms with van der Waals surface area (Å²) in [5.74, 6) is -0.282. The second kappa shape index (κ2) is 6.92. The molecule has 2 N–H and O–H groups in total. The molecule has 7 heteroatoms. The molecule has 0 unspecified atom stereocenters. The topological polar surface area (TPSA) is 91.8 Å². The van der Waals surface area contributed by atoms with Gasteiger partial charge in [0, 0.05) is 30.1 Å². The lowest BCUT2D eigenvalue weighted by atomic mass is 9.85. The van der Waals surface area contributed by atoms with Gasteiger partial charge in [0.1, 0.15) is 5.82 Å². The molecule has 2 aromatic rings. The summed E-state index contributed by atoms with van der Waals surface area (Å²) in [7, 11) is 0. The minimum Gasteiger partial charge on any atom is -0.478 e. The molecule has 0 spiro atoms. The Morgan fingerprint density at radius 1 is 1.19 bits per heavy atom. The van der Waals surface area contributed by atoms with E-state index in [1.165, 1.54) is 0 Å². The monoisotopic (exact) mass is 355 g/mol. The minimum absolute atomic E-state index is 0.00497. The van der Waals surface area contributed by atoms with E-state index in [0.717, 1.165) is 19.3 Å². The first-order chi connectivity index (χ1) is 12.6. The highest BCUT2D eigenvalue weighted by Crippen LogP contribution is 2.29. The number of aromatic nitrogens is 1. The fourth-order valence-electron chi connectivity index (χ4n) is 3.34. The number of fused-ring (bicyclic) bond motifs is 1. The van der Waals surface area contributed by atoms with Gasteiger partial charge in [-0.3, -0.25) is 4.79 Å². The molecule has 0 radical (unpaired) electrons. The average molecular weight is 355 g/mol. The molecule has 1 aromatic heterocycles. The van der Waals surface area contributed by atoms with Gasteiger partial charge in [-0.2, -0.15) is 0 Å². The van der Waals surface area contributed by atoms with Crippen molar-refractivity contribution in [2.45, 2.75) is 19.3 Å². The van der Waals surface area contributed by atoms with Gasteiger partial charge in [0.15, 0.2) is 0 Å². The van der Waals surface area contributed by atoms with Gasteiger partial charge in [-0.1, -0.05) is 6.42 Å². The molecule has 1 amide bonds. The largest absolute Gasteiger partial charge is 0.478 e. The van der Waals surface area contributed by atoms with Gasteiger partial charge in [0.2, 0.25) is 5.91 Å². The number of amides is 1. The Bertz CT molecular complexity index is 857. The van der Waals surface area contributed by atoms with Crippen molar-refractivity contribution in [3.63, 3.8) is 0 Å². The number of nitrogens with zero attached hydrogens (tertiary/aromatic N) is 2. The van der Waals surface area contributed by atoms with E-state index in [9.17, 15) is 14.7 Å². The first-order valence-electron chi connectivity index (χ1n) is 8.93. The highest BCUT2D eigenvalue weighted by molar-refractivity contribution is 6.05. The number of carbonyl (C=O) groups excluding carboxylic acids is 1. The second-order valence-electron chi connectivity index (χ2n) is 6.78. The van der Waals surface area contributed by atoms with Crippen LogP contribution in [0.15, 0.2) is 24.3 Å². The molecule has 1 aromatic carbocycles. The standard InChI is InChI=1S/C19H21N3O4/c23-18(12-2-1-3-12)20-13-4-5-16-14(10-13)15(19(24)25)11-17(21-16)22-6-8-26-9-7-22/h4-5,10-12H,1-3,6-9H2,(H,20,23)(H,24,25). The van der Waals surface area contributed by atoms with E-state index in [1.54, 1.807) is 24.3 Å². The summed E-state index contributed by atoms with van der Waals surface area (Å²) in [5, 5.41) is 13.1. The fraction of sp³-hybridized carbons (Fsp3) is 0.421. The van der Waals surface area contributed by atoms with Crippen LogP contribution in [0, 0.1) is 5.92 Å². The molecule has 2 heterocycles. The Hall–Kier alpha value is -2.67. The predicted octanol–water partition coefficient (Wildman–Crippen LogP) is 2.51. The number of nitrogens with one attached hydrogen (secondary N) is 1. The zero-order chi connectivity index (χ0) is 18.1. The van der Waals surface area contributed by atoms with Crippen molar-refractivity contribution >= 4 is 34.3 Å². The van der Waals surface area contributed by atoms with Crippen molar-refractivity contribution in [2.75, 3.05) is 36.5 Å². The van der Waals surface area contributed by atoms with E-state index < -0.39 is 5.97 Å². The van der Waals surface area contributed by atoms with Crippen LogP contribution < -0.4 is 10.2 Å². The van der Waals surface area contributed by atoms with Crippen LogP contribution in [0.5, 0.6) is 0 Å². The summed E-state index contributed by atoms with van der Waals surface area (Å²) in [6.07, 6.45) is 2.93. The van der Waals surface area contributed by atoms with Gasteiger partial charge < -0.3 is 20.1 Å². The molecule has 1 saturated carbocycles. The molecule has 7 nitrogen and oxygen atoms in total. The van der Waals surface area contributed by atoms with Crippen molar-refractivity contribution in [2.24, 2.45) is 5.92 Å². The summed E-state index contributed by atoms with van der Waals surface area (Å²) < 4.78 is 5.35. The number of anilines is 2. The van der Waals surface area contributed by atoms with E-state index in [0.29, 0.717) is 48.7 Å². The Balaban J connectivity index is 1.68. The van der Waals surface area contributed by atoms with Crippen LogP contribution >= 0.6 is 0 Å². The number of pyridine rings is 1. The normalized spacial score (nSPS) is 17.8. The van der Waals surface area contributed by atoms with Gasteiger partial charge >= 0.3 is 5.97 Å². The molecule has 1 saturated heterocycles. The molecular formula is C19H21N3O4. The maximum Gasteiger partial charge on any atom is 0.336 e. The van der Waals surface area contributed by atoms with Gasteiger partial charge in [-0.15, -0.1) is 0 Å². The van der Waals surface area contributed by atoms with Crippen molar-refractivity contribution in [1.29, 1.82) is 0 Å². The summed E-state index contributed by atoms with van der Waals surface area (Å²) in [6, 6.07) is 6.85. The number of hydrogen-bond donors (Lipinski definition) is 2. The highest BCUT2D eigenvalue weighted by Gasteiger charge is 2.25. The molecule has 0 bridgehead atoms. The van der Waals surface area contributed by atoms with E-state index in [-0.39, 0.29) is 17.4 Å². The summed E-state index contributed by atoms with van der Waals surface area (Å²) in [5.41, 5.74) is 1.40. The lowest BCUT2D eigenvalue weighted by molar-refractivity contribution is -0.122. The van der Waals surface area contributed by atoms with Crippen molar-refractivity contribution in [3.05, 3.63) is 29.8 Å². The Morgan fingerprint density at radius 2 is 1.96 bits per heavy atom. The third-order valence-corrected chi connectivity index (χ3v) is 5.10. The SMILES string of the molecule is O=C(O)c1cc(N2CCOCC2)nc2ccc(NC(=O)C3CCC3)cc12. The first kappa shape index (κ1) is 16.8. The Morgan fingerprint density at radius 3 is 2.62 bits per heavy atom. The van der Waals surface area contributed by atoms with Crippen molar-refractivity contribution < 1.29 is 19.4 Å². The third kappa shape index (κ3) is 3.22. The van der Waals surface area contributed by atoms with Crippen LogP contribution in [0.3, 0.4) is 0 Å². The average Bonchev–Trinajstić information content (AvgIpc) is 2.60. The summed E-state index contributed by atoms with van der Waals surface area (Å²) in [4.78, 5) is 30.6. The molecule has 4 rings (SSSR count). The lowest BCUT2D eigenvalue weighted by Gasteiger charge is -2.28. The van der Waals surface area contributed by atoms with E-state index >= 15 is 0 Å². The van der Waals surface area contributed by atoms with Crippen molar-refractivity contribution in [1.82, 2.24) is 4.98 Å². The predicted molar refractivity (Wildman–Crippen MR) is 97.7 cm³/mol. The number of morpholine rings is 1. The van der Waals surface area contributed by atoms with Crippen LogP contribution in [-0.4, -0.2) is 48.3 Å². The van der Waals surface area contributed by atoms with Crippen molar-refractivity contribution in [3.8, 4) is 0 Å². The molecule has 26 heavy (non-hydrogen) atoms. The van der Waals surface area contributed by atoms with E-state index in [1.807, 2.05) is 4.90 Å². The first-order valence-corrected chi connectivity index (χ1v) is 8.93. The lowest BCUT2D eigenvalue weighted by Crippen LogP contribution is -2.36. The number of carboxylic acid groups (broad SMARTS) is 1. The zero-order valence-corrected chi connectivity index (χ0v) is 14.4. The van der Waals surface area contributed by atoms with Gasteiger partial charge in [-0.25, -0.2) is 9.78 Å². The second-order valence-corrected chi connectivity index (χ2v) is 6.78. The zero-order valence-electron chi connectivity index (χ0n) is 14.4. The van der Waals surface area contributed by atoms with Crippen LogP contribution in [0.2, 0.25) is 0 Å². The molecule has 2 fully saturated rings. The maximum atomic E-state index is 12.1. The number of hydrogen-bond acceptors (Lipinski definition) is 5. The highest BCUT2D eigenvalue weighted by atomic mass is 16.5. The number of carbonyl (C=O) groups is 2. The number of ether oxygens (including phenoxy) is 1. The molecule has 2 aliphatic rings. The van der Waals surface area contributed by atoms with E-state index in [4.69, 9.17) is 4.74 Å². The van der Waals surface area contributed by atoms with E-state index in [2.05, 4.69) is 10.3 Å². The minimum atomic E-state index is -1.01. The molecule has 1 aliphatic carbocycles. The number of rotatable bonds is 4. The number of aromatic carboxylic acids is 1. The van der Waals surface area contributed by atoms with Crippen LogP contribution in [-0.2, 0) is 9.53 Å². The number of benzene rings is 1. The fourth-order valence-corrected chi connectivity index (χ4v) is 3.34. The summed E-state index contributed by atoms with van der Waals surface area (Å²) in [6.45, 7) is 2.59. The van der Waals surface area contributed by atoms with Crippen LogP contribution in [0.1, 0.15) is 29.6 Å². The Labute approximate surface area is 151 Å². The maximum absolute atomic E-state index is 12.1. The van der Waals surface area contributed by atoms with Gasteiger partial charge in [0.25, 0.3) is 0 Å². The molecule has 136 valence electrons. The van der Waals surface area contributed by atoms with Crippen LogP contribution in [0.25, 0.3) is 10.9 Å². The third-order valence-electron chi connectivity index (χ3n) is 5.10. The summed E-state index contributed by atoms with van der Waals surface area (Å²) >= 11 is 0. The number of carboxylic acids is 1. The van der Waals surface area contributed by atoms with Gasteiger partial charge in [0.05, 0.1) is 24.3 Å². The molecule has 0 atom stereocenters. The van der Waals surface area contributed by atoms with Gasteiger partial charge in [-0.05, 0) is 37.1 Å². The smallest absolute Gasteiger partial charge is 0.336 e. The van der Waals surface area contributed by atoms with Crippen LogP contribution in [0.4, 0.5) is 11.5 Å². The molecular weight excluding hydrogens is 334 g/mol. The quantitative estimate of drug-likeness (QED) is 0.876. The molecule has 1 aliphatic heterocycles.